The van der Waals surface area contributed by atoms with E-state index in [1.807, 2.05) is 6.92 Å². The van der Waals surface area contributed by atoms with E-state index in [1.165, 1.54) is 23.5 Å². The molecule has 9 nitrogen and oxygen atoms in total. The number of aromatic amines is 1. The smallest absolute Gasteiger partial charge is 0.391 e. The van der Waals surface area contributed by atoms with Crippen molar-refractivity contribution in [2.75, 3.05) is 25.7 Å². The predicted molar refractivity (Wildman–Crippen MR) is 129 cm³/mol. The third-order valence-corrected chi connectivity index (χ3v) is 8.59. The van der Waals surface area contributed by atoms with Crippen molar-refractivity contribution in [1.82, 2.24) is 14.5 Å². The summed E-state index contributed by atoms with van der Waals surface area (Å²) in [7, 11) is -1.03. The number of H-pyrrole nitrogens is 1. The van der Waals surface area contributed by atoms with Crippen LogP contribution in [0.25, 0.3) is 0 Å². The maximum absolute atomic E-state index is 15.1. The molecule has 1 aliphatic rings. The molecule has 0 saturated carbocycles. The average molecular weight is 525 g/mol. The van der Waals surface area contributed by atoms with Gasteiger partial charge in [0.2, 0.25) is 15.9 Å². The van der Waals surface area contributed by atoms with Crippen molar-refractivity contribution in [3.05, 3.63) is 73.8 Å². The molecule has 1 unspecified atom stereocenters. The molecule has 35 heavy (non-hydrogen) atoms. The van der Waals surface area contributed by atoms with Gasteiger partial charge in [0.05, 0.1) is 19.0 Å². The lowest BCUT2D eigenvalue weighted by Crippen LogP contribution is -2.48. The number of hydrogen-bond acceptors (Lipinski definition) is 7. The average Bonchev–Trinajstić information content (AvgIpc) is 3.20. The van der Waals surface area contributed by atoms with Crippen LogP contribution >= 0.6 is 11.6 Å². The van der Waals surface area contributed by atoms with Crippen LogP contribution < -0.4 is 10.7 Å². The fourth-order valence-corrected chi connectivity index (χ4v) is 6.96. The van der Waals surface area contributed by atoms with E-state index in [1.54, 1.807) is 37.9 Å². The highest BCUT2D eigenvalue weighted by Crippen LogP contribution is 2.45. The summed E-state index contributed by atoms with van der Waals surface area (Å²) in [5.41, 5.74) is 2.62. The number of aryl methyl sites for hydroxylation is 1. The van der Waals surface area contributed by atoms with Gasteiger partial charge in [-0.05, 0) is 48.7 Å². The highest BCUT2D eigenvalue weighted by atomic mass is 35.5. The first-order valence-electron chi connectivity index (χ1n) is 10.8. The number of methoxy groups -OCH3 is 1. The molecule has 0 amide bonds. The molecule has 0 spiro atoms. The molecule has 0 aliphatic carbocycles. The van der Waals surface area contributed by atoms with Gasteiger partial charge in [0.25, 0.3) is 0 Å². The monoisotopic (exact) mass is 524 g/mol. The molecule has 0 saturated heterocycles. The Morgan fingerprint density at radius 3 is 2.66 bits per heavy atom. The summed E-state index contributed by atoms with van der Waals surface area (Å²) in [6, 6.07) is 4.98. The number of benzene rings is 2. The van der Waals surface area contributed by atoms with Gasteiger partial charge < -0.3 is 14.1 Å². The van der Waals surface area contributed by atoms with Crippen molar-refractivity contribution in [2.24, 2.45) is 0 Å². The Balaban J connectivity index is 1.95. The van der Waals surface area contributed by atoms with Crippen LogP contribution in [0.4, 0.5) is 10.1 Å². The zero-order chi connectivity index (χ0) is 25.7. The largest absolute Gasteiger partial charge is 0.434 e. The molecular formula is C23H26ClFN4O5S. The van der Waals surface area contributed by atoms with Crippen molar-refractivity contribution in [2.45, 2.75) is 44.2 Å². The Labute approximate surface area is 207 Å². The van der Waals surface area contributed by atoms with E-state index >= 15 is 4.39 Å². The van der Waals surface area contributed by atoms with E-state index in [4.69, 9.17) is 20.8 Å². The number of rotatable bonds is 6. The molecular weight excluding hydrogens is 499 g/mol. The summed E-state index contributed by atoms with van der Waals surface area (Å²) < 4.78 is 55.0. The summed E-state index contributed by atoms with van der Waals surface area (Å²) in [4.78, 5) is 13.6. The summed E-state index contributed by atoms with van der Waals surface area (Å²) in [5, 5.41) is 6.50. The normalized spacial score (nSPS) is 17.3. The number of nitrogens with one attached hydrogen (secondary N) is 1. The van der Waals surface area contributed by atoms with Gasteiger partial charge in [-0.1, -0.05) is 24.6 Å². The zero-order valence-corrected chi connectivity index (χ0v) is 21.5. The second-order valence-electron chi connectivity index (χ2n) is 8.67. The summed E-state index contributed by atoms with van der Waals surface area (Å²) >= 11 is 6.26. The Morgan fingerprint density at radius 2 is 2.03 bits per heavy atom. The van der Waals surface area contributed by atoms with Crippen molar-refractivity contribution in [3.8, 4) is 0 Å². The number of aromatic nitrogens is 2. The number of fused-ring (bicyclic) bond motifs is 1. The van der Waals surface area contributed by atoms with Crippen molar-refractivity contribution < 1.29 is 22.0 Å². The lowest BCUT2D eigenvalue weighted by molar-refractivity contribution is 0.181. The maximum Gasteiger partial charge on any atom is 0.434 e. The van der Waals surface area contributed by atoms with Gasteiger partial charge in [0.15, 0.2) is 0 Å². The van der Waals surface area contributed by atoms with Crippen LogP contribution in [0.3, 0.4) is 0 Å². The van der Waals surface area contributed by atoms with Gasteiger partial charge in [-0.25, -0.2) is 22.7 Å². The number of anilines is 1. The second-order valence-corrected chi connectivity index (χ2v) is 10.9. The van der Waals surface area contributed by atoms with E-state index in [2.05, 4.69) is 10.2 Å². The van der Waals surface area contributed by atoms with E-state index in [0.29, 0.717) is 27.4 Å². The van der Waals surface area contributed by atoms with Crippen LogP contribution in [-0.2, 0) is 21.4 Å². The standard InChI is InChI=1S/C23H26ClFN4O5S/c1-12-6-7-17(25)19(13(12)2)14(3)20(22-26-27-23(30)34-22)29-11-28(4)18-9-16(24)8-15(10-33-5)21(18)35(29,31)32/h6-9,14,20H,10-11H2,1-5H3,(H,27,30)/t14?,20-/m0/s1. The summed E-state index contributed by atoms with van der Waals surface area (Å²) in [6.07, 6.45) is 0. The van der Waals surface area contributed by atoms with Crippen molar-refractivity contribution in [1.29, 1.82) is 0 Å². The van der Waals surface area contributed by atoms with Crippen LogP contribution in [0, 0.1) is 19.7 Å². The van der Waals surface area contributed by atoms with Gasteiger partial charge in [-0.3, -0.25) is 0 Å². The number of ether oxygens (including phenoxy) is 1. The molecule has 12 heteroatoms. The molecule has 1 aromatic heterocycles. The van der Waals surface area contributed by atoms with Crippen LogP contribution in [0.2, 0.25) is 5.02 Å². The third kappa shape index (κ3) is 4.37. The fourth-order valence-electron chi connectivity index (χ4n) is 4.67. The van der Waals surface area contributed by atoms with Crippen LogP contribution in [0.1, 0.15) is 47.0 Å². The number of hydrogen-bond donors (Lipinski definition) is 1. The minimum atomic E-state index is -4.20. The van der Waals surface area contributed by atoms with Crippen LogP contribution in [0.15, 0.2) is 38.4 Å². The Kier molecular flexibility index (Phi) is 6.80. The Morgan fingerprint density at radius 1 is 1.31 bits per heavy atom. The number of halogens is 2. The highest BCUT2D eigenvalue weighted by Gasteiger charge is 2.46. The van der Waals surface area contributed by atoms with Crippen LogP contribution in [0.5, 0.6) is 0 Å². The molecule has 0 bridgehead atoms. The minimum Gasteiger partial charge on any atom is -0.391 e. The highest BCUT2D eigenvalue weighted by molar-refractivity contribution is 7.89. The van der Waals surface area contributed by atoms with Crippen molar-refractivity contribution >= 4 is 27.3 Å². The lowest BCUT2D eigenvalue weighted by Gasteiger charge is -2.41. The predicted octanol–water partition coefficient (Wildman–Crippen LogP) is 3.86. The van der Waals surface area contributed by atoms with Gasteiger partial charge in [0, 0.05) is 30.7 Å². The first-order valence-corrected chi connectivity index (χ1v) is 12.6. The molecule has 3 aromatic rings. The van der Waals surface area contributed by atoms with E-state index < -0.39 is 33.6 Å². The second kappa shape index (κ2) is 9.38. The number of nitrogens with zero attached hydrogens (tertiary/aromatic N) is 3. The molecule has 188 valence electrons. The van der Waals surface area contributed by atoms with Crippen LogP contribution in [-0.4, -0.2) is 43.7 Å². The lowest BCUT2D eigenvalue weighted by atomic mass is 9.87. The first-order chi connectivity index (χ1) is 16.5. The molecule has 0 radical (unpaired) electrons. The summed E-state index contributed by atoms with van der Waals surface area (Å²) in [6.45, 7) is 5.20. The topological polar surface area (TPSA) is 109 Å². The van der Waals surface area contributed by atoms with E-state index in [0.717, 1.165) is 5.56 Å². The molecule has 2 aromatic carbocycles. The molecule has 0 fully saturated rings. The third-order valence-electron chi connectivity index (χ3n) is 6.42. The fraction of sp³-hybridized carbons (Fsp3) is 0.391. The molecule has 1 aliphatic heterocycles. The van der Waals surface area contributed by atoms with E-state index in [-0.39, 0.29) is 24.1 Å². The summed E-state index contributed by atoms with van der Waals surface area (Å²) in [5.74, 6) is -2.25. The van der Waals surface area contributed by atoms with Crippen molar-refractivity contribution in [3.63, 3.8) is 0 Å². The van der Waals surface area contributed by atoms with E-state index in [9.17, 15) is 13.2 Å². The SMILES string of the molecule is COCc1cc(Cl)cc2c1S(=O)(=O)N([C@H](c1n[nH]c(=O)o1)C(C)c1c(F)ccc(C)c1C)CN2C. The molecule has 4 rings (SSSR count). The van der Waals surface area contributed by atoms with Gasteiger partial charge in [-0.2, -0.15) is 4.31 Å². The Bertz CT molecular complexity index is 1440. The first kappa shape index (κ1) is 25.4. The molecule has 1 N–H and O–H groups in total. The van der Waals surface area contributed by atoms with Gasteiger partial charge in [0.1, 0.15) is 16.8 Å². The quantitative estimate of drug-likeness (QED) is 0.521. The van der Waals surface area contributed by atoms with Gasteiger partial charge >= 0.3 is 5.76 Å². The maximum atomic E-state index is 15.1. The zero-order valence-electron chi connectivity index (χ0n) is 19.9. The number of sulfonamides is 1. The Hall–Kier alpha value is -2.73. The molecule has 2 atom stereocenters. The molecule has 2 heterocycles. The minimum absolute atomic E-state index is 0.00707. The van der Waals surface area contributed by atoms with Gasteiger partial charge in [-0.15, -0.1) is 5.10 Å².